The van der Waals surface area contributed by atoms with Crippen LogP contribution in [0, 0.1) is 11.8 Å². The van der Waals surface area contributed by atoms with Crippen LogP contribution in [0.15, 0.2) is 11.6 Å². The van der Waals surface area contributed by atoms with Gasteiger partial charge in [-0.15, -0.1) is 0 Å². The Morgan fingerprint density at radius 2 is 1.44 bits per heavy atom. The van der Waals surface area contributed by atoms with Crippen molar-refractivity contribution in [3.05, 3.63) is 11.6 Å². The lowest BCUT2D eigenvalue weighted by Crippen LogP contribution is -2.05. The molecular weight excluding hydrogens is 224 g/mol. The number of carbonyl (C=O) groups is 1. The van der Waals surface area contributed by atoms with Crippen LogP contribution in [-0.4, -0.2) is 13.1 Å². The van der Waals surface area contributed by atoms with Gasteiger partial charge in [-0.1, -0.05) is 56.9 Å². The highest BCUT2D eigenvalue weighted by Gasteiger charge is 2.21. The third-order valence-electron chi connectivity index (χ3n) is 4.57. The van der Waals surface area contributed by atoms with Crippen molar-refractivity contribution < 1.29 is 9.53 Å². The van der Waals surface area contributed by atoms with Gasteiger partial charge in [0.1, 0.15) is 0 Å². The SMILES string of the molecule is COC(=O)C=C(CC1CCCC1)CC1CCCC1. The fourth-order valence-corrected chi connectivity index (χ4v) is 3.60. The summed E-state index contributed by atoms with van der Waals surface area (Å²) in [5.74, 6) is 1.48. The summed E-state index contributed by atoms with van der Waals surface area (Å²) >= 11 is 0. The highest BCUT2D eigenvalue weighted by atomic mass is 16.5. The van der Waals surface area contributed by atoms with Gasteiger partial charge in [0, 0.05) is 6.08 Å². The predicted octanol–water partition coefficient (Wildman–Crippen LogP) is 4.25. The molecule has 2 rings (SSSR count). The first kappa shape index (κ1) is 13.6. The minimum atomic E-state index is -0.166. The first-order valence-electron chi connectivity index (χ1n) is 7.55. The summed E-state index contributed by atoms with van der Waals surface area (Å²) in [4.78, 5) is 11.5. The summed E-state index contributed by atoms with van der Waals surface area (Å²) < 4.78 is 4.79. The van der Waals surface area contributed by atoms with Gasteiger partial charge in [0.2, 0.25) is 0 Å². The number of hydrogen-bond acceptors (Lipinski definition) is 2. The van der Waals surface area contributed by atoms with Gasteiger partial charge in [0.05, 0.1) is 7.11 Å². The molecule has 2 nitrogen and oxygen atoms in total. The van der Waals surface area contributed by atoms with Crippen molar-refractivity contribution >= 4 is 5.97 Å². The van der Waals surface area contributed by atoms with Gasteiger partial charge in [0.25, 0.3) is 0 Å². The summed E-state index contributed by atoms with van der Waals surface area (Å²) in [6.45, 7) is 0. The van der Waals surface area contributed by atoms with Gasteiger partial charge in [-0.2, -0.15) is 0 Å². The average Bonchev–Trinajstić information content (AvgIpc) is 3.02. The Bertz CT molecular complexity index is 274. The maximum atomic E-state index is 11.5. The average molecular weight is 250 g/mol. The Balaban J connectivity index is 1.92. The molecule has 0 heterocycles. The van der Waals surface area contributed by atoms with Gasteiger partial charge in [0.15, 0.2) is 0 Å². The molecule has 2 aliphatic carbocycles. The number of rotatable bonds is 5. The van der Waals surface area contributed by atoms with Gasteiger partial charge in [-0.3, -0.25) is 0 Å². The van der Waals surface area contributed by atoms with E-state index in [0.29, 0.717) is 0 Å². The highest BCUT2D eigenvalue weighted by Crippen LogP contribution is 2.35. The number of allylic oxidation sites excluding steroid dienone is 1. The fourth-order valence-electron chi connectivity index (χ4n) is 3.60. The third-order valence-corrected chi connectivity index (χ3v) is 4.57. The minimum absolute atomic E-state index is 0.166. The second-order valence-corrected chi connectivity index (χ2v) is 6.03. The van der Waals surface area contributed by atoms with Crippen molar-refractivity contribution in [2.45, 2.75) is 64.2 Å². The summed E-state index contributed by atoms with van der Waals surface area (Å²) in [6.07, 6.45) is 14.9. The Morgan fingerprint density at radius 1 is 1.00 bits per heavy atom. The molecule has 2 aliphatic rings. The quantitative estimate of drug-likeness (QED) is 0.538. The van der Waals surface area contributed by atoms with Crippen molar-refractivity contribution in [1.29, 1.82) is 0 Å². The maximum Gasteiger partial charge on any atom is 0.330 e. The van der Waals surface area contributed by atoms with E-state index in [2.05, 4.69) is 0 Å². The summed E-state index contributed by atoms with van der Waals surface area (Å²) in [7, 11) is 1.47. The molecule has 18 heavy (non-hydrogen) atoms. The van der Waals surface area contributed by atoms with Crippen LogP contribution in [0.4, 0.5) is 0 Å². The molecule has 0 unspecified atom stereocenters. The third kappa shape index (κ3) is 4.15. The van der Waals surface area contributed by atoms with Crippen LogP contribution in [0.2, 0.25) is 0 Å². The number of carbonyl (C=O) groups excluding carboxylic acids is 1. The van der Waals surface area contributed by atoms with Crippen LogP contribution in [0.3, 0.4) is 0 Å². The topological polar surface area (TPSA) is 26.3 Å². The maximum absolute atomic E-state index is 11.5. The smallest absolute Gasteiger partial charge is 0.330 e. The van der Waals surface area contributed by atoms with Crippen molar-refractivity contribution in [3.63, 3.8) is 0 Å². The van der Waals surface area contributed by atoms with Crippen LogP contribution in [0.25, 0.3) is 0 Å². The van der Waals surface area contributed by atoms with E-state index < -0.39 is 0 Å². The highest BCUT2D eigenvalue weighted by molar-refractivity contribution is 5.82. The zero-order valence-corrected chi connectivity index (χ0v) is 11.6. The van der Waals surface area contributed by atoms with Gasteiger partial charge in [-0.25, -0.2) is 4.79 Å². The first-order valence-corrected chi connectivity index (χ1v) is 7.55. The number of ether oxygens (including phenoxy) is 1. The lowest BCUT2D eigenvalue weighted by atomic mass is 9.90. The normalized spacial score (nSPS) is 21.2. The largest absolute Gasteiger partial charge is 0.466 e. The van der Waals surface area contributed by atoms with Crippen LogP contribution in [0.5, 0.6) is 0 Å². The van der Waals surface area contributed by atoms with Gasteiger partial charge < -0.3 is 4.74 Å². The molecule has 0 aromatic carbocycles. The number of esters is 1. The molecule has 2 heteroatoms. The van der Waals surface area contributed by atoms with E-state index in [1.165, 1.54) is 64.0 Å². The van der Waals surface area contributed by atoms with E-state index in [1.54, 1.807) is 6.08 Å². The molecule has 0 N–H and O–H groups in total. The summed E-state index contributed by atoms with van der Waals surface area (Å²) in [5.41, 5.74) is 1.35. The molecule has 0 aliphatic heterocycles. The second kappa shape index (κ2) is 6.96. The van der Waals surface area contributed by atoms with Crippen LogP contribution < -0.4 is 0 Å². The zero-order valence-electron chi connectivity index (χ0n) is 11.6. The lowest BCUT2D eigenvalue weighted by Gasteiger charge is -2.16. The van der Waals surface area contributed by atoms with Crippen molar-refractivity contribution in [3.8, 4) is 0 Å². The minimum Gasteiger partial charge on any atom is -0.466 e. The van der Waals surface area contributed by atoms with E-state index in [1.807, 2.05) is 0 Å². The predicted molar refractivity (Wildman–Crippen MR) is 73.2 cm³/mol. The van der Waals surface area contributed by atoms with Crippen molar-refractivity contribution in [2.75, 3.05) is 7.11 Å². The van der Waals surface area contributed by atoms with E-state index in [0.717, 1.165) is 24.7 Å². The van der Waals surface area contributed by atoms with Crippen LogP contribution in [-0.2, 0) is 9.53 Å². The van der Waals surface area contributed by atoms with E-state index in [9.17, 15) is 4.79 Å². The molecule has 0 aromatic heterocycles. The van der Waals surface area contributed by atoms with E-state index in [-0.39, 0.29) is 5.97 Å². The van der Waals surface area contributed by atoms with Gasteiger partial charge in [-0.05, 0) is 24.7 Å². The molecule has 0 radical (unpaired) electrons. The molecule has 0 aromatic rings. The van der Waals surface area contributed by atoms with Crippen molar-refractivity contribution in [1.82, 2.24) is 0 Å². The standard InChI is InChI=1S/C16H26O2/c1-18-16(17)12-15(10-13-6-2-3-7-13)11-14-8-4-5-9-14/h12-14H,2-11H2,1H3. The Hall–Kier alpha value is -0.790. The fraction of sp³-hybridized carbons (Fsp3) is 0.812. The first-order chi connectivity index (χ1) is 8.78. The van der Waals surface area contributed by atoms with E-state index in [4.69, 9.17) is 4.74 Å². The monoisotopic (exact) mass is 250 g/mol. The molecule has 102 valence electrons. The van der Waals surface area contributed by atoms with Crippen LogP contribution >= 0.6 is 0 Å². The molecule has 0 saturated heterocycles. The van der Waals surface area contributed by atoms with Gasteiger partial charge >= 0.3 is 5.97 Å². The summed E-state index contributed by atoms with van der Waals surface area (Å²) in [5, 5.41) is 0. The van der Waals surface area contributed by atoms with E-state index >= 15 is 0 Å². The molecular formula is C16H26O2. The molecule has 2 fully saturated rings. The molecule has 0 amide bonds. The molecule has 0 bridgehead atoms. The number of hydrogen-bond donors (Lipinski definition) is 0. The Kier molecular flexibility index (Phi) is 5.27. The molecule has 0 atom stereocenters. The molecule has 2 saturated carbocycles. The van der Waals surface area contributed by atoms with Crippen LogP contribution in [0.1, 0.15) is 64.2 Å². The van der Waals surface area contributed by atoms with Crippen molar-refractivity contribution in [2.24, 2.45) is 11.8 Å². The zero-order chi connectivity index (χ0) is 12.8. The number of methoxy groups -OCH3 is 1. The Labute approximate surface area is 111 Å². The lowest BCUT2D eigenvalue weighted by molar-refractivity contribution is -0.134. The second-order valence-electron chi connectivity index (χ2n) is 6.03. The summed E-state index contributed by atoms with van der Waals surface area (Å²) in [6, 6.07) is 0. The molecule has 0 spiro atoms. The Morgan fingerprint density at radius 3 is 1.83 bits per heavy atom.